The molecule has 0 aliphatic rings. The van der Waals surface area contributed by atoms with Gasteiger partial charge in [0.2, 0.25) is 5.91 Å². The minimum atomic E-state index is -0.475. The van der Waals surface area contributed by atoms with E-state index in [4.69, 9.17) is 16.7 Å². The molecule has 0 bridgehead atoms. The molecular weight excluding hydrogens is 228 g/mol. The first-order chi connectivity index (χ1) is 7.49. The van der Waals surface area contributed by atoms with Gasteiger partial charge in [-0.2, -0.15) is 0 Å². The van der Waals surface area contributed by atoms with Crippen molar-refractivity contribution in [2.75, 3.05) is 5.32 Å². The number of aromatic nitrogens is 1. The van der Waals surface area contributed by atoms with Gasteiger partial charge >= 0.3 is 0 Å². The van der Waals surface area contributed by atoms with Crippen LogP contribution in [0.5, 0.6) is 0 Å². The first-order valence-electron chi connectivity index (χ1n) is 5.09. The minimum absolute atomic E-state index is 0.171. The van der Waals surface area contributed by atoms with Crippen LogP contribution in [0.1, 0.15) is 25.3 Å². The summed E-state index contributed by atoms with van der Waals surface area (Å²) in [5.74, 6) is -0.171. The Kier molecular flexibility index (Phi) is 4.71. The average molecular weight is 243 g/mol. The summed E-state index contributed by atoms with van der Waals surface area (Å²) in [5, 5.41) is 12.0. The van der Waals surface area contributed by atoms with E-state index in [9.17, 15) is 4.79 Å². The van der Waals surface area contributed by atoms with Crippen molar-refractivity contribution < 1.29 is 9.90 Å². The molecule has 1 unspecified atom stereocenters. The zero-order chi connectivity index (χ0) is 12.1. The molecule has 0 aliphatic heterocycles. The lowest BCUT2D eigenvalue weighted by Crippen LogP contribution is -2.14. The molecule has 0 saturated carbocycles. The Morgan fingerprint density at radius 1 is 1.69 bits per heavy atom. The van der Waals surface area contributed by atoms with Crippen molar-refractivity contribution in [3.05, 3.63) is 23.0 Å². The summed E-state index contributed by atoms with van der Waals surface area (Å²) < 4.78 is 0. The molecule has 0 aromatic carbocycles. The summed E-state index contributed by atoms with van der Waals surface area (Å²) in [6.45, 7) is 3.52. The number of nitrogens with zero attached hydrogens (tertiary/aromatic N) is 1. The first-order valence-corrected chi connectivity index (χ1v) is 5.47. The van der Waals surface area contributed by atoms with Crippen molar-refractivity contribution in [3.63, 3.8) is 0 Å². The number of halogens is 1. The molecule has 88 valence electrons. The van der Waals surface area contributed by atoms with E-state index >= 15 is 0 Å². The summed E-state index contributed by atoms with van der Waals surface area (Å²) in [6.07, 6.45) is 1.86. The van der Waals surface area contributed by atoms with E-state index in [0.29, 0.717) is 12.1 Å². The lowest BCUT2D eigenvalue weighted by atomic mass is 10.2. The summed E-state index contributed by atoms with van der Waals surface area (Å²) in [5.41, 5.74) is 1.44. The van der Waals surface area contributed by atoms with E-state index in [2.05, 4.69) is 10.3 Å². The maximum atomic E-state index is 11.5. The van der Waals surface area contributed by atoms with Gasteiger partial charge in [0.1, 0.15) is 0 Å². The van der Waals surface area contributed by atoms with Crippen LogP contribution >= 0.6 is 11.6 Å². The molecule has 4 nitrogen and oxygen atoms in total. The van der Waals surface area contributed by atoms with Crippen molar-refractivity contribution >= 4 is 23.2 Å². The van der Waals surface area contributed by atoms with Gasteiger partial charge in [0.05, 0.1) is 11.8 Å². The molecule has 16 heavy (non-hydrogen) atoms. The van der Waals surface area contributed by atoms with Gasteiger partial charge in [0.25, 0.3) is 0 Å². The topological polar surface area (TPSA) is 62.2 Å². The number of pyridine rings is 1. The van der Waals surface area contributed by atoms with Crippen LogP contribution in [0.4, 0.5) is 5.69 Å². The third-order valence-corrected chi connectivity index (χ3v) is 2.34. The number of carbonyl (C=O) groups excluding carboxylic acids is 1. The van der Waals surface area contributed by atoms with Gasteiger partial charge in [-0.3, -0.25) is 4.79 Å². The highest BCUT2D eigenvalue weighted by Gasteiger charge is 2.08. The predicted octanol–water partition coefficient (Wildman–Crippen LogP) is 2.14. The molecule has 0 saturated heterocycles. The van der Waals surface area contributed by atoms with Crippen LogP contribution in [0.25, 0.3) is 0 Å². The summed E-state index contributed by atoms with van der Waals surface area (Å²) in [6, 6.07) is 1.76. The van der Waals surface area contributed by atoms with Gasteiger partial charge in [-0.05, 0) is 31.9 Å². The number of nitrogens with one attached hydrogen (secondary N) is 1. The first kappa shape index (κ1) is 12.9. The van der Waals surface area contributed by atoms with Crippen LogP contribution in [0.3, 0.4) is 0 Å². The Labute approximate surface area is 99.6 Å². The largest absolute Gasteiger partial charge is 0.393 e. The number of anilines is 1. The Morgan fingerprint density at radius 2 is 2.38 bits per heavy atom. The standard InChI is InChI=1S/C11H15ClN2O2/c1-7-5-9(11(12)13-6-7)14-10(16)4-3-8(2)15/h5-6,8,15H,3-4H2,1-2H3,(H,14,16). The number of aliphatic hydroxyl groups excluding tert-OH is 1. The Balaban J connectivity index is 2.59. The van der Waals surface area contributed by atoms with Crippen LogP contribution in [-0.2, 0) is 4.79 Å². The Bertz CT molecular complexity index is 380. The fourth-order valence-corrected chi connectivity index (χ4v) is 1.34. The highest BCUT2D eigenvalue weighted by Crippen LogP contribution is 2.20. The van der Waals surface area contributed by atoms with Gasteiger partial charge in [0.15, 0.2) is 5.15 Å². The highest BCUT2D eigenvalue weighted by atomic mass is 35.5. The average Bonchev–Trinajstić information content (AvgIpc) is 2.20. The van der Waals surface area contributed by atoms with E-state index in [-0.39, 0.29) is 17.5 Å². The molecule has 1 atom stereocenters. The zero-order valence-corrected chi connectivity index (χ0v) is 10.1. The zero-order valence-electron chi connectivity index (χ0n) is 9.33. The Morgan fingerprint density at radius 3 is 3.00 bits per heavy atom. The molecule has 1 amide bonds. The van der Waals surface area contributed by atoms with Crippen molar-refractivity contribution in [2.45, 2.75) is 32.8 Å². The van der Waals surface area contributed by atoms with Crippen LogP contribution in [0.15, 0.2) is 12.3 Å². The van der Waals surface area contributed by atoms with Crippen LogP contribution in [0.2, 0.25) is 5.15 Å². The second-order valence-electron chi connectivity index (χ2n) is 3.79. The monoisotopic (exact) mass is 242 g/mol. The van der Waals surface area contributed by atoms with Gasteiger partial charge in [-0.15, -0.1) is 0 Å². The molecule has 1 aromatic rings. The normalized spacial score (nSPS) is 12.2. The molecule has 1 rings (SSSR count). The lowest BCUT2D eigenvalue weighted by molar-refractivity contribution is -0.116. The van der Waals surface area contributed by atoms with Gasteiger partial charge in [-0.25, -0.2) is 4.98 Å². The van der Waals surface area contributed by atoms with Crippen LogP contribution in [-0.4, -0.2) is 22.1 Å². The molecule has 0 spiro atoms. The molecule has 2 N–H and O–H groups in total. The van der Waals surface area contributed by atoms with E-state index in [1.807, 2.05) is 6.92 Å². The molecule has 1 heterocycles. The van der Waals surface area contributed by atoms with Gasteiger partial charge in [-0.1, -0.05) is 11.6 Å². The molecule has 1 aromatic heterocycles. The molecule has 0 radical (unpaired) electrons. The smallest absolute Gasteiger partial charge is 0.224 e. The maximum absolute atomic E-state index is 11.5. The molecular formula is C11H15ClN2O2. The fourth-order valence-electron chi connectivity index (χ4n) is 1.19. The number of aryl methyl sites for hydroxylation is 1. The Hall–Kier alpha value is -1.13. The minimum Gasteiger partial charge on any atom is -0.393 e. The number of rotatable bonds is 4. The van der Waals surface area contributed by atoms with E-state index in [0.717, 1.165) is 5.56 Å². The van der Waals surface area contributed by atoms with Crippen molar-refractivity contribution in [2.24, 2.45) is 0 Å². The van der Waals surface area contributed by atoms with Crippen molar-refractivity contribution in [1.82, 2.24) is 4.98 Å². The van der Waals surface area contributed by atoms with E-state index < -0.39 is 6.10 Å². The predicted molar refractivity (Wildman–Crippen MR) is 63.5 cm³/mol. The second kappa shape index (κ2) is 5.82. The van der Waals surface area contributed by atoms with Crippen molar-refractivity contribution in [3.8, 4) is 0 Å². The summed E-state index contributed by atoms with van der Waals surface area (Å²) >= 11 is 5.83. The van der Waals surface area contributed by atoms with Crippen molar-refractivity contribution in [1.29, 1.82) is 0 Å². The lowest BCUT2D eigenvalue weighted by Gasteiger charge is -2.08. The number of amides is 1. The quantitative estimate of drug-likeness (QED) is 0.796. The molecule has 0 aliphatic carbocycles. The summed E-state index contributed by atoms with van der Waals surface area (Å²) in [7, 11) is 0. The van der Waals surface area contributed by atoms with Gasteiger partial charge < -0.3 is 10.4 Å². The number of aliphatic hydroxyl groups is 1. The SMILES string of the molecule is Cc1cnc(Cl)c(NC(=O)CCC(C)O)c1. The molecule has 5 heteroatoms. The number of hydrogen-bond donors (Lipinski definition) is 2. The molecule has 0 fully saturated rings. The third-order valence-electron chi connectivity index (χ3n) is 2.04. The number of carbonyl (C=O) groups is 1. The third kappa shape index (κ3) is 4.16. The summed E-state index contributed by atoms with van der Waals surface area (Å²) in [4.78, 5) is 15.4. The van der Waals surface area contributed by atoms with Crippen LogP contribution in [0, 0.1) is 6.92 Å². The fraction of sp³-hybridized carbons (Fsp3) is 0.455. The highest BCUT2D eigenvalue weighted by molar-refractivity contribution is 6.32. The van der Waals surface area contributed by atoms with E-state index in [1.165, 1.54) is 0 Å². The van der Waals surface area contributed by atoms with Crippen LogP contribution < -0.4 is 5.32 Å². The number of hydrogen-bond acceptors (Lipinski definition) is 3. The maximum Gasteiger partial charge on any atom is 0.224 e. The van der Waals surface area contributed by atoms with Gasteiger partial charge in [0, 0.05) is 12.6 Å². The second-order valence-corrected chi connectivity index (χ2v) is 4.14. The van der Waals surface area contributed by atoms with E-state index in [1.54, 1.807) is 19.2 Å².